The first-order valence-electron chi connectivity index (χ1n) is 6.52. The van der Waals surface area contributed by atoms with Gasteiger partial charge in [0, 0.05) is 22.7 Å². The quantitative estimate of drug-likeness (QED) is 0.262. The van der Waals surface area contributed by atoms with Gasteiger partial charge >= 0.3 is 0 Å². The van der Waals surface area contributed by atoms with Crippen molar-refractivity contribution in [1.29, 1.82) is 0 Å². The summed E-state index contributed by atoms with van der Waals surface area (Å²) < 4.78 is 0. The minimum absolute atomic E-state index is 0.0955. The number of nitrogens with zero attached hydrogens (tertiary/aromatic N) is 2. The Bertz CT molecular complexity index is 924. The summed E-state index contributed by atoms with van der Waals surface area (Å²) in [5, 5.41) is 4.57. The Morgan fingerprint density at radius 2 is 1.45 bits per heavy atom. The van der Waals surface area contributed by atoms with Gasteiger partial charge in [-0.25, -0.2) is 9.82 Å². The molecule has 0 fully saturated rings. The van der Waals surface area contributed by atoms with E-state index in [4.69, 9.17) is 0 Å². The number of fused-ring (bicyclic) bond motifs is 1. The number of rotatable bonds is 4. The van der Waals surface area contributed by atoms with Crippen LogP contribution in [0.25, 0.3) is 10.8 Å². The van der Waals surface area contributed by atoms with Crippen LogP contribution in [0.15, 0.2) is 74.3 Å². The summed E-state index contributed by atoms with van der Waals surface area (Å²) in [4.78, 5) is 30.9. The van der Waals surface area contributed by atoms with E-state index in [2.05, 4.69) is 14.9 Å². The molecule has 0 aliphatic carbocycles. The van der Waals surface area contributed by atoms with Crippen LogP contribution in [0.1, 0.15) is 0 Å². The van der Waals surface area contributed by atoms with Crippen LogP contribution in [0.5, 0.6) is 0 Å². The first-order valence-corrected chi connectivity index (χ1v) is 7.39. The van der Waals surface area contributed by atoms with Gasteiger partial charge in [0.15, 0.2) is 5.36 Å². The van der Waals surface area contributed by atoms with E-state index in [0.717, 1.165) is 17.6 Å². The van der Waals surface area contributed by atoms with Gasteiger partial charge in [-0.1, -0.05) is 42.5 Å². The Morgan fingerprint density at radius 1 is 0.864 bits per heavy atom. The highest BCUT2D eigenvalue weighted by molar-refractivity contribution is 8.10. The molecule has 0 atom stereocenters. The van der Waals surface area contributed by atoms with Crippen molar-refractivity contribution in [1.82, 2.24) is 4.83 Å². The molecule has 0 amide bonds. The fraction of sp³-hybridized carbons (Fsp3) is 0. The molecule has 6 heteroatoms. The van der Waals surface area contributed by atoms with Gasteiger partial charge in [0.25, 0.3) is 0 Å². The van der Waals surface area contributed by atoms with E-state index in [1.807, 2.05) is 30.3 Å². The molecule has 5 nitrogen and oxygen atoms in total. The molecule has 0 unspecified atom stereocenters. The standard InChI is InChI=1S/C16H11N3O2S/c20-15-12-8-4-5-9-13(12)16(21)14(15)18-19-22-10-17-11-6-2-1-3-7-11/h1-10,19H. The summed E-state index contributed by atoms with van der Waals surface area (Å²) in [6, 6.07) is 16.1. The average molecular weight is 309 g/mol. The van der Waals surface area contributed by atoms with Crippen LogP contribution in [0.4, 0.5) is 5.69 Å². The Labute approximate surface area is 129 Å². The van der Waals surface area contributed by atoms with E-state index in [1.54, 1.807) is 29.8 Å². The average Bonchev–Trinajstić information content (AvgIpc) is 2.81. The zero-order valence-corrected chi connectivity index (χ0v) is 12.2. The number of hydrogen-bond donors (Lipinski definition) is 1. The molecule has 0 spiro atoms. The summed E-state index contributed by atoms with van der Waals surface area (Å²) >= 11 is 1.08. The van der Waals surface area contributed by atoms with Gasteiger partial charge in [-0.2, -0.15) is 5.10 Å². The van der Waals surface area contributed by atoms with Gasteiger partial charge in [0.1, 0.15) is 0 Å². The second-order valence-corrected chi connectivity index (χ2v) is 5.07. The number of aliphatic imine (C=N–C) groups is 1. The molecule has 0 aliphatic heterocycles. The lowest BCUT2D eigenvalue weighted by atomic mass is 10.2. The fourth-order valence-corrected chi connectivity index (χ4v) is 2.40. The van der Waals surface area contributed by atoms with Crippen LogP contribution in [0.3, 0.4) is 0 Å². The Kier molecular flexibility index (Phi) is 4.11. The van der Waals surface area contributed by atoms with Crippen molar-refractivity contribution in [2.75, 3.05) is 0 Å². The molecule has 108 valence electrons. The zero-order valence-electron chi connectivity index (χ0n) is 11.4. The van der Waals surface area contributed by atoms with Crippen LogP contribution >= 0.6 is 11.9 Å². The largest absolute Gasteiger partial charge is 0.287 e. The van der Waals surface area contributed by atoms with Crippen molar-refractivity contribution in [2.45, 2.75) is 0 Å². The minimum atomic E-state index is -0.353. The van der Waals surface area contributed by atoms with E-state index in [-0.39, 0.29) is 16.2 Å². The maximum absolute atomic E-state index is 12.1. The van der Waals surface area contributed by atoms with Gasteiger partial charge in [-0.05, 0) is 12.1 Å². The van der Waals surface area contributed by atoms with Crippen LogP contribution in [0, 0.1) is 0 Å². The molecule has 0 radical (unpaired) electrons. The lowest BCUT2D eigenvalue weighted by molar-refractivity contribution is 1.03. The van der Waals surface area contributed by atoms with Gasteiger partial charge in [0.05, 0.1) is 11.2 Å². The molecule has 1 N–H and O–H groups in total. The summed E-state index contributed by atoms with van der Waals surface area (Å²) in [6.45, 7) is 0. The molecule has 0 saturated carbocycles. The van der Waals surface area contributed by atoms with Crippen molar-refractivity contribution >= 4 is 34.0 Å². The molecule has 0 aliphatic rings. The van der Waals surface area contributed by atoms with Crippen LogP contribution < -0.4 is 21.0 Å². The molecular formula is C16H11N3O2S. The van der Waals surface area contributed by atoms with E-state index >= 15 is 0 Å². The third-order valence-corrected chi connectivity index (χ3v) is 3.47. The first kappa shape index (κ1) is 14.2. The molecule has 0 bridgehead atoms. The normalized spacial score (nSPS) is 11.1. The lowest BCUT2D eigenvalue weighted by Gasteiger charge is -1.91. The smallest absolute Gasteiger partial charge is 0.217 e. The van der Waals surface area contributed by atoms with E-state index in [1.165, 1.54) is 0 Å². The molecule has 3 aromatic carbocycles. The molecule has 22 heavy (non-hydrogen) atoms. The highest BCUT2D eigenvalue weighted by Gasteiger charge is 2.09. The minimum Gasteiger partial charge on any atom is -0.287 e. The van der Waals surface area contributed by atoms with Crippen LogP contribution in [0.2, 0.25) is 0 Å². The van der Waals surface area contributed by atoms with Crippen LogP contribution in [-0.4, -0.2) is 5.55 Å². The van der Waals surface area contributed by atoms with Crippen molar-refractivity contribution in [3.8, 4) is 0 Å². The zero-order chi connectivity index (χ0) is 15.4. The Hall–Kier alpha value is -2.73. The second kappa shape index (κ2) is 6.36. The first-order chi connectivity index (χ1) is 10.8. The molecule has 0 saturated heterocycles. The Balaban J connectivity index is 1.78. The van der Waals surface area contributed by atoms with Crippen molar-refractivity contribution in [2.24, 2.45) is 10.1 Å². The molecular weight excluding hydrogens is 298 g/mol. The van der Waals surface area contributed by atoms with E-state index in [9.17, 15) is 9.59 Å². The van der Waals surface area contributed by atoms with Crippen LogP contribution in [-0.2, 0) is 0 Å². The number of benzene rings is 2. The molecule has 0 aromatic heterocycles. The van der Waals surface area contributed by atoms with Crippen molar-refractivity contribution in [3.05, 3.63) is 80.4 Å². The third kappa shape index (κ3) is 2.82. The van der Waals surface area contributed by atoms with E-state index < -0.39 is 0 Å². The molecule has 3 aromatic rings. The van der Waals surface area contributed by atoms with Gasteiger partial charge in [0.2, 0.25) is 10.9 Å². The summed E-state index contributed by atoms with van der Waals surface area (Å²) in [5.74, 6) is 0. The predicted octanol–water partition coefficient (Wildman–Crippen LogP) is 1.85. The summed E-state index contributed by atoms with van der Waals surface area (Å²) in [5.41, 5.74) is 1.66. The number of nitrogens with one attached hydrogen (secondary N) is 1. The molecule has 3 rings (SSSR count). The van der Waals surface area contributed by atoms with Gasteiger partial charge in [-0.15, -0.1) is 0 Å². The highest BCUT2D eigenvalue weighted by Crippen LogP contribution is 2.09. The van der Waals surface area contributed by atoms with Gasteiger partial charge in [-0.3, -0.25) is 9.59 Å². The number of para-hydroxylation sites is 1. The second-order valence-electron chi connectivity index (χ2n) is 4.44. The summed E-state index contributed by atoms with van der Waals surface area (Å²) in [7, 11) is 0. The lowest BCUT2D eigenvalue weighted by Crippen LogP contribution is -2.33. The molecule has 0 heterocycles. The van der Waals surface area contributed by atoms with Crippen molar-refractivity contribution in [3.63, 3.8) is 0 Å². The predicted molar refractivity (Wildman–Crippen MR) is 89.7 cm³/mol. The summed E-state index contributed by atoms with van der Waals surface area (Å²) in [6.07, 6.45) is 0. The third-order valence-electron chi connectivity index (χ3n) is 3.07. The fourth-order valence-electron chi connectivity index (χ4n) is 2.04. The Morgan fingerprint density at radius 3 is 2.09 bits per heavy atom. The highest BCUT2D eigenvalue weighted by atomic mass is 32.2. The maximum Gasteiger partial charge on any atom is 0.217 e. The monoisotopic (exact) mass is 309 g/mol. The maximum atomic E-state index is 12.1. The van der Waals surface area contributed by atoms with E-state index in [0.29, 0.717) is 10.8 Å². The SMILES string of the molecule is O=c1c(=NNSC=Nc2ccccc2)c(=O)c2ccccc12. The van der Waals surface area contributed by atoms with Gasteiger partial charge < -0.3 is 0 Å². The van der Waals surface area contributed by atoms with Crippen molar-refractivity contribution < 1.29 is 0 Å². The number of hydrogen-bond acceptors (Lipinski definition) is 6. The topological polar surface area (TPSA) is 70.9 Å².